The highest BCUT2D eigenvalue weighted by molar-refractivity contribution is 6.12. The monoisotopic (exact) mass is 320 g/mol. The van der Waals surface area contributed by atoms with Crippen LogP contribution in [0.4, 0.5) is 0 Å². The summed E-state index contributed by atoms with van der Waals surface area (Å²) in [6.45, 7) is 1.91. The number of aryl methyl sites for hydroxylation is 1. The highest BCUT2D eigenvalue weighted by atomic mass is 16.5. The van der Waals surface area contributed by atoms with Gasteiger partial charge in [0.2, 0.25) is 17.2 Å². The van der Waals surface area contributed by atoms with Gasteiger partial charge in [-0.3, -0.25) is 14.7 Å². The van der Waals surface area contributed by atoms with E-state index in [1.807, 2.05) is 6.92 Å². The molecule has 0 fully saturated rings. The molecule has 0 amide bonds. The molecule has 0 atom stereocenters. The van der Waals surface area contributed by atoms with Crippen molar-refractivity contribution in [3.05, 3.63) is 22.7 Å². The van der Waals surface area contributed by atoms with Crippen LogP contribution in [0.5, 0.6) is 5.88 Å². The Morgan fingerprint density at radius 3 is 2.48 bits per heavy atom. The first-order valence-corrected chi connectivity index (χ1v) is 6.81. The molecule has 0 saturated carbocycles. The highest BCUT2D eigenvalue weighted by Crippen LogP contribution is 2.45. The van der Waals surface area contributed by atoms with Crippen LogP contribution in [-0.2, 0) is 30.9 Å². The Balaban J connectivity index is 2.90. The van der Waals surface area contributed by atoms with E-state index in [-0.39, 0.29) is 17.0 Å². The Morgan fingerprint density at radius 1 is 1.39 bits per heavy atom. The van der Waals surface area contributed by atoms with Gasteiger partial charge in [0.1, 0.15) is 11.6 Å². The first-order valence-electron chi connectivity index (χ1n) is 6.81. The van der Waals surface area contributed by atoms with Gasteiger partial charge in [-0.2, -0.15) is 5.26 Å². The van der Waals surface area contributed by atoms with Gasteiger partial charge >= 0.3 is 11.9 Å². The molecule has 0 spiro atoms. The molecule has 0 radical (unpaired) electrons. The number of carbonyl (C=O) groups is 2. The summed E-state index contributed by atoms with van der Waals surface area (Å²) in [6, 6.07) is 1.76. The topological polar surface area (TPSA) is 140 Å². The van der Waals surface area contributed by atoms with Crippen LogP contribution < -0.4 is 10.5 Å². The van der Waals surface area contributed by atoms with Crippen molar-refractivity contribution in [3.63, 3.8) is 0 Å². The number of methoxy groups -OCH3 is 2. The first kappa shape index (κ1) is 16.4. The van der Waals surface area contributed by atoms with Crippen molar-refractivity contribution in [1.29, 1.82) is 5.26 Å². The van der Waals surface area contributed by atoms with Gasteiger partial charge < -0.3 is 19.9 Å². The fourth-order valence-electron chi connectivity index (χ4n) is 2.65. The maximum Gasteiger partial charge on any atom is 0.333 e. The standard InChI is InChI=1S/C14H16N4O5/c1-4-5-8-9-11(18-17-8)23-10(16)7(6-15)14(9,12(19)21-2)13(20)22-3/h4-5,16H2,1-3H3,(H,17,18). The molecule has 0 aromatic carbocycles. The average Bonchev–Trinajstić information content (AvgIpc) is 2.95. The molecule has 0 unspecified atom stereocenters. The number of nitrogens with zero attached hydrogens (tertiary/aromatic N) is 2. The van der Waals surface area contributed by atoms with Crippen LogP contribution in [0.2, 0.25) is 0 Å². The summed E-state index contributed by atoms with van der Waals surface area (Å²) in [5, 5.41) is 16.1. The van der Waals surface area contributed by atoms with Crippen LogP contribution in [-0.4, -0.2) is 36.4 Å². The van der Waals surface area contributed by atoms with Crippen LogP contribution >= 0.6 is 0 Å². The zero-order valence-corrected chi connectivity index (χ0v) is 12.9. The van der Waals surface area contributed by atoms with E-state index in [4.69, 9.17) is 19.9 Å². The number of esters is 2. The second-order valence-corrected chi connectivity index (χ2v) is 4.82. The molecule has 9 heteroatoms. The van der Waals surface area contributed by atoms with Gasteiger partial charge in [-0.15, -0.1) is 5.10 Å². The third kappa shape index (κ3) is 2.11. The van der Waals surface area contributed by atoms with Crippen molar-refractivity contribution in [3.8, 4) is 11.9 Å². The van der Waals surface area contributed by atoms with E-state index < -0.39 is 23.2 Å². The molecule has 1 aromatic rings. The van der Waals surface area contributed by atoms with Gasteiger partial charge in [0.15, 0.2) is 0 Å². The van der Waals surface area contributed by atoms with Crippen molar-refractivity contribution in [1.82, 2.24) is 10.2 Å². The number of aromatic amines is 1. The van der Waals surface area contributed by atoms with Gasteiger partial charge in [0, 0.05) is 5.69 Å². The molecule has 1 aromatic heterocycles. The third-order valence-electron chi connectivity index (χ3n) is 3.61. The maximum absolute atomic E-state index is 12.6. The van der Waals surface area contributed by atoms with Crippen molar-refractivity contribution in [2.75, 3.05) is 14.2 Å². The Morgan fingerprint density at radius 2 is 2.00 bits per heavy atom. The molecule has 1 aliphatic heterocycles. The minimum absolute atomic E-state index is 0.0549. The second kappa shape index (κ2) is 6.00. The van der Waals surface area contributed by atoms with E-state index in [1.165, 1.54) is 0 Å². The zero-order valence-electron chi connectivity index (χ0n) is 12.9. The number of H-pyrrole nitrogens is 1. The van der Waals surface area contributed by atoms with Gasteiger partial charge in [-0.05, 0) is 6.42 Å². The number of nitrogens with two attached hydrogens (primary N) is 1. The minimum atomic E-state index is -2.16. The number of hydrogen-bond donors (Lipinski definition) is 2. The summed E-state index contributed by atoms with van der Waals surface area (Å²) >= 11 is 0. The predicted molar refractivity (Wildman–Crippen MR) is 75.7 cm³/mol. The van der Waals surface area contributed by atoms with Gasteiger partial charge in [0.25, 0.3) is 0 Å². The normalized spacial score (nSPS) is 15.2. The molecular formula is C14H16N4O5. The summed E-state index contributed by atoms with van der Waals surface area (Å²) in [5.41, 5.74) is 3.74. The summed E-state index contributed by atoms with van der Waals surface area (Å²) in [6.07, 6.45) is 1.17. The van der Waals surface area contributed by atoms with Gasteiger partial charge in [0.05, 0.1) is 19.8 Å². The number of carbonyl (C=O) groups excluding carboxylic acids is 2. The van der Waals surface area contributed by atoms with E-state index >= 15 is 0 Å². The number of ether oxygens (including phenoxy) is 3. The summed E-state index contributed by atoms with van der Waals surface area (Å²) in [4.78, 5) is 25.1. The average molecular weight is 320 g/mol. The van der Waals surface area contributed by atoms with Crippen LogP contribution in [0, 0.1) is 11.3 Å². The van der Waals surface area contributed by atoms with Gasteiger partial charge in [-0.25, -0.2) is 0 Å². The fourth-order valence-corrected chi connectivity index (χ4v) is 2.65. The molecule has 0 saturated heterocycles. The predicted octanol–water partition coefficient (Wildman–Crippen LogP) is 0.0323. The Labute approximate surface area is 132 Å². The van der Waals surface area contributed by atoms with E-state index in [0.29, 0.717) is 18.5 Å². The zero-order chi connectivity index (χ0) is 17.2. The van der Waals surface area contributed by atoms with E-state index in [0.717, 1.165) is 14.2 Å². The Kier molecular flexibility index (Phi) is 4.27. The lowest BCUT2D eigenvalue weighted by molar-refractivity contribution is -0.160. The lowest BCUT2D eigenvalue weighted by Crippen LogP contribution is -2.50. The summed E-state index contributed by atoms with van der Waals surface area (Å²) < 4.78 is 14.8. The van der Waals surface area contributed by atoms with E-state index in [9.17, 15) is 14.9 Å². The largest absolute Gasteiger partial charge is 0.468 e. The lowest BCUT2D eigenvalue weighted by Gasteiger charge is -2.31. The van der Waals surface area contributed by atoms with E-state index in [1.54, 1.807) is 6.07 Å². The SMILES string of the molecule is CCCc1[nH]nc2c1C(C(=O)OC)(C(=O)OC)C(C#N)=C(N)O2. The van der Waals surface area contributed by atoms with Crippen molar-refractivity contribution < 1.29 is 23.8 Å². The highest BCUT2D eigenvalue weighted by Gasteiger charge is 2.61. The fraction of sp³-hybridized carbons (Fsp3) is 0.429. The molecule has 2 heterocycles. The number of hydrogen-bond acceptors (Lipinski definition) is 8. The van der Waals surface area contributed by atoms with Crippen LogP contribution in [0.15, 0.2) is 11.5 Å². The number of nitrogens with one attached hydrogen (secondary N) is 1. The van der Waals surface area contributed by atoms with Crippen LogP contribution in [0.1, 0.15) is 24.6 Å². The summed E-state index contributed by atoms with van der Waals surface area (Å²) in [7, 11) is 2.21. The molecule has 0 bridgehead atoms. The molecule has 23 heavy (non-hydrogen) atoms. The molecule has 1 aliphatic rings. The number of nitriles is 1. The molecule has 2 rings (SSSR count). The third-order valence-corrected chi connectivity index (χ3v) is 3.61. The Bertz CT molecular complexity index is 712. The van der Waals surface area contributed by atoms with E-state index in [2.05, 4.69) is 10.2 Å². The number of rotatable bonds is 4. The maximum atomic E-state index is 12.6. The smallest absolute Gasteiger partial charge is 0.333 e. The number of fused-ring (bicyclic) bond motifs is 1. The first-order chi connectivity index (χ1) is 11.0. The van der Waals surface area contributed by atoms with Gasteiger partial charge in [-0.1, -0.05) is 13.3 Å². The molecule has 3 N–H and O–H groups in total. The lowest BCUT2D eigenvalue weighted by atomic mass is 9.72. The molecule has 122 valence electrons. The van der Waals surface area contributed by atoms with Crippen molar-refractivity contribution in [2.24, 2.45) is 5.73 Å². The molecule has 0 aliphatic carbocycles. The van der Waals surface area contributed by atoms with Crippen LogP contribution in [0.3, 0.4) is 0 Å². The van der Waals surface area contributed by atoms with Crippen molar-refractivity contribution >= 4 is 11.9 Å². The quantitative estimate of drug-likeness (QED) is 0.585. The van der Waals surface area contributed by atoms with Crippen LogP contribution in [0.25, 0.3) is 0 Å². The minimum Gasteiger partial charge on any atom is -0.468 e. The molecule has 9 nitrogen and oxygen atoms in total. The summed E-state index contributed by atoms with van der Waals surface area (Å²) in [5.74, 6) is -2.44. The number of aromatic nitrogens is 2. The van der Waals surface area contributed by atoms with Crippen molar-refractivity contribution in [2.45, 2.75) is 25.2 Å². The second-order valence-electron chi connectivity index (χ2n) is 4.82. The molecular weight excluding hydrogens is 304 g/mol. The Hall–Kier alpha value is -3.02.